The minimum absolute atomic E-state index is 0.145. The maximum absolute atomic E-state index is 11.0. The lowest BCUT2D eigenvalue weighted by molar-refractivity contribution is 0.0696. The van der Waals surface area contributed by atoms with E-state index >= 15 is 0 Å². The second kappa shape index (κ2) is 4.54. The average molecular weight is 289 g/mol. The number of benzene rings is 1. The minimum Gasteiger partial charge on any atom is -0.508 e. The number of halogens is 1. The van der Waals surface area contributed by atoms with Gasteiger partial charge in [0.15, 0.2) is 5.15 Å². The lowest BCUT2D eigenvalue weighted by atomic mass is 10.2. The van der Waals surface area contributed by atoms with Crippen molar-refractivity contribution in [3.8, 4) is 17.1 Å². The highest BCUT2D eigenvalue weighted by Gasteiger charge is 2.13. The van der Waals surface area contributed by atoms with E-state index < -0.39 is 5.97 Å². The van der Waals surface area contributed by atoms with Crippen molar-refractivity contribution >= 4 is 23.1 Å². The fourth-order valence-corrected chi connectivity index (χ4v) is 2.22. The van der Waals surface area contributed by atoms with E-state index in [0.29, 0.717) is 16.5 Å². The maximum atomic E-state index is 11.0. The molecule has 0 bridgehead atoms. The summed E-state index contributed by atoms with van der Waals surface area (Å²) in [5, 5.41) is 18.7. The molecule has 0 unspecified atom stereocenters. The first-order valence-electron chi connectivity index (χ1n) is 5.76. The van der Waals surface area contributed by atoms with Crippen LogP contribution in [0.15, 0.2) is 42.6 Å². The molecule has 2 aromatic heterocycles. The van der Waals surface area contributed by atoms with Crippen molar-refractivity contribution in [3.63, 3.8) is 0 Å². The number of phenolic OH excluding ortho intramolecular Hbond substituents is 1. The zero-order valence-electron chi connectivity index (χ0n) is 10.1. The van der Waals surface area contributed by atoms with Crippen LogP contribution in [-0.4, -0.2) is 25.6 Å². The highest BCUT2D eigenvalue weighted by atomic mass is 35.5. The quantitative estimate of drug-likeness (QED) is 0.760. The van der Waals surface area contributed by atoms with Gasteiger partial charge in [0.25, 0.3) is 0 Å². The Kier molecular flexibility index (Phi) is 2.84. The number of fused-ring (bicyclic) bond motifs is 1. The van der Waals surface area contributed by atoms with Crippen LogP contribution in [0.1, 0.15) is 10.4 Å². The third-order valence-electron chi connectivity index (χ3n) is 2.96. The van der Waals surface area contributed by atoms with Gasteiger partial charge < -0.3 is 10.2 Å². The molecule has 0 saturated heterocycles. The van der Waals surface area contributed by atoms with E-state index in [1.807, 2.05) is 0 Å². The van der Waals surface area contributed by atoms with Crippen molar-refractivity contribution in [2.45, 2.75) is 0 Å². The molecule has 3 rings (SSSR count). The number of imidazole rings is 1. The van der Waals surface area contributed by atoms with E-state index in [1.165, 1.54) is 24.4 Å². The molecule has 0 aliphatic rings. The monoisotopic (exact) mass is 288 g/mol. The number of nitrogens with zero attached hydrogens (tertiary/aromatic N) is 2. The van der Waals surface area contributed by atoms with Crippen LogP contribution in [-0.2, 0) is 0 Å². The number of aromatic carboxylic acids is 1. The molecule has 1 aromatic carbocycles. The molecule has 0 atom stereocenters. The van der Waals surface area contributed by atoms with Gasteiger partial charge in [0.2, 0.25) is 0 Å². The van der Waals surface area contributed by atoms with Crippen molar-refractivity contribution in [2.75, 3.05) is 0 Å². The zero-order valence-corrected chi connectivity index (χ0v) is 10.9. The van der Waals surface area contributed by atoms with Gasteiger partial charge in [-0.2, -0.15) is 0 Å². The topological polar surface area (TPSA) is 74.8 Å². The highest BCUT2D eigenvalue weighted by Crippen LogP contribution is 2.27. The van der Waals surface area contributed by atoms with Gasteiger partial charge in [0.05, 0.1) is 11.1 Å². The molecule has 0 fully saturated rings. The summed E-state index contributed by atoms with van der Waals surface area (Å²) in [5.41, 5.74) is 1.50. The molecular formula is C14H9ClN2O3. The van der Waals surface area contributed by atoms with Crippen LogP contribution < -0.4 is 0 Å². The largest absolute Gasteiger partial charge is 0.508 e. The van der Waals surface area contributed by atoms with Gasteiger partial charge in [-0.25, -0.2) is 9.78 Å². The molecule has 6 heteroatoms. The number of carbonyl (C=O) groups is 1. The van der Waals surface area contributed by atoms with Crippen LogP contribution in [0.3, 0.4) is 0 Å². The summed E-state index contributed by atoms with van der Waals surface area (Å²) >= 11 is 6.06. The second-order valence-electron chi connectivity index (χ2n) is 4.25. The molecule has 0 aliphatic heterocycles. The Bertz CT molecular complexity index is 809. The molecule has 2 N–H and O–H groups in total. The summed E-state index contributed by atoms with van der Waals surface area (Å²) in [6.45, 7) is 0. The van der Waals surface area contributed by atoms with Crippen LogP contribution in [0.5, 0.6) is 5.75 Å². The van der Waals surface area contributed by atoms with Gasteiger partial charge in [0, 0.05) is 11.8 Å². The Morgan fingerprint density at radius 2 is 1.85 bits per heavy atom. The number of carboxylic acids is 1. The minimum atomic E-state index is -1.02. The molecule has 0 amide bonds. The smallest absolute Gasteiger partial charge is 0.337 e. The van der Waals surface area contributed by atoms with Gasteiger partial charge in [-0.3, -0.25) is 4.40 Å². The van der Waals surface area contributed by atoms with E-state index in [2.05, 4.69) is 4.98 Å². The van der Waals surface area contributed by atoms with Crippen LogP contribution in [0.4, 0.5) is 0 Å². The number of rotatable bonds is 2. The van der Waals surface area contributed by atoms with Gasteiger partial charge in [-0.05, 0) is 36.4 Å². The second-order valence-corrected chi connectivity index (χ2v) is 4.61. The molecule has 0 aliphatic carbocycles. The molecule has 0 radical (unpaired) electrons. The summed E-state index contributed by atoms with van der Waals surface area (Å²) in [6, 6.07) is 9.53. The lowest BCUT2D eigenvalue weighted by Crippen LogP contribution is -1.99. The van der Waals surface area contributed by atoms with E-state index in [0.717, 1.165) is 5.56 Å². The predicted octanol–water partition coefficient (Wildman–Crippen LogP) is 3.06. The Morgan fingerprint density at radius 1 is 1.15 bits per heavy atom. The average Bonchev–Trinajstić information content (AvgIpc) is 2.76. The van der Waals surface area contributed by atoms with Crippen LogP contribution >= 0.6 is 11.6 Å². The number of hydrogen-bond donors (Lipinski definition) is 2. The molecule has 100 valence electrons. The third-order valence-corrected chi connectivity index (χ3v) is 3.24. The third kappa shape index (κ3) is 1.98. The van der Waals surface area contributed by atoms with Crippen LogP contribution in [0.25, 0.3) is 16.9 Å². The summed E-state index contributed by atoms with van der Waals surface area (Å²) in [7, 11) is 0. The number of aromatic hydroxyl groups is 1. The van der Waals surface area contributed by atoms with E-state index in [-0.39, 0.29) is 11.3 Å². The van der Waals surface area contributed by atoms with Crippen LogP contribution in [0, 0.1) is 0 Å². The van der Waals surface area contributed by atoms with E-state index in [1.54, 1.807) is 22.6 Å². The number of phenols is 1. The number of pyridine rings is 1. The van der Waals surface area contributed by atoms with Gasteiger partial charge >= 0.3 is 5.97 Å². The molecular weight excluding hydrogens is 280 g/mol. The lowest BCUT2D eigenvalue weighted by Gasteiger charge is -2.03. The van der Waals surface area contributed by atoms with Gasteiger partial charge in [-0.15, -0.1) is 0 Å². The Labute approximate surface area is 118 Å². The summed E-state index contributed by atoms with van der Waals surface area (Å²) in [5.74, 6) is -0.353. The molecule has 20 heavy (non-hydrogen) atoms. The predicted molar refractivity (Wildman–Crippen MR) is 74.3 cm³/mol. The Balaban J connectivity index is 2.27. The van der Waals surface area contributed by atoms with Crippen LogP contribution in [0.2, 0.25) is 5.15 Å². The van der Waals surface area contributed by atoms with Crippen molar-refractivity contribution < 1.29 is 15.0 Å². The molecule has 3 aromatic rings. The van der Waals surface area contributed by atoms with Gasteiger partial charge in [-0.1, -0.05) is 11.6 Å². The normalized spacial score (nSPS) is 10.8. The summed E-state index contributed by atoms with van der Waals surface area (Å²) in [6.07, 6.45) is 1.47. The summed E-state index contributed by atoms with van der Waals surface area (Å²) < 4.78 is 1.62. The fourth-order valence-electron chi connectivity index (χ4n) is 1.99. The van der Waals surface area contributed by atoms with Crippen molar-refractivity contribution in [1.82, 2.24) is 9.38 Å². The number of aromatic nitrogens is 2. The molecule has 2 heterocycles. The van der Waals surface area contributed by atoms with Gasteiger partial charge in [0.1, 0.15) is 11.6 Å². The molecule has 5 nitrogen and oxygen atoms in total. The molecule has 0 spiro atoms. The van der Waals surface area contributed by atoms with Crippen molar-refractivity contribution in [3.05, 3.63) is 53.3 Å². The summed E-state index contributed by atoms with van der Waals surface area (Å²) in [4.78, 5) is 15.3. The van der Waals surface area contributed by atoms with E-state index in [4.69, 9.17) is 16.7 Å². The zero-order chi connectivity index (χ0) is 14.3. The maximum Gasteiger partial charge on any atom is 0.337 e. The van der Waals surface area contributed by atoms with Crippen molar-refractivity contribution in [2.24, 2.45) is 0 Å². The first-order valence-corrected chi connectivity index (χ1v) is 6.14. The Hall–Kier alpha value is -2.53. The fraction of sp³-hybridized carbons (Fsp3) is 0. The highest BCUT2D eigenvalue weighted by molar-refractivity contribution is 6.32. The Morgan fingerprint density at radius 3 is 2.50 bits per heavy atom. The number of carboxylic acid groups (broad SMARTS) is 1. The first-order chi connectivity index (χ1) is 9.56. The SMILES string of the molecule is O=C(O)c1ccc2c(Cl)nc(-c3ccc(O)cc3)n2c1. The standard InChI is InChI=1S/C14H9ClN2O3/c15-12-11-6-3-9(14(19)20)7-17(11)13(16-12)8-1-4-10(18)5-2-8/h1-7,18H,(H,19,20). The van der Waals surface area contributed by atoms with Crippen molar-refractivity contribution in [1.29, 1.82) is 0 Å². The molecule has 0 saturated carbocycles. The number of hydrogen-bond acceptors (Lipinski definition) is 3. The first kappa shape index (κ1) is 12.5. The van der Waals surface area contributed by atoms with E-state index in [9.17, 15) is 9.90 Å².